The van der Waals surface area contributed by atoms with Crippen LogP contribution in [-0.4, -0.2) is 52.5 Å². The van der Waals surface area contributed by atoms with E-state index in [4.69, 9.17) is 4.74 Å². The number of alkyl halides is 3. The third kappa shape index (κ3) is 4.07. The summed E-state index contributed by atoms with van der Waals surface area (Å²) in [4.78, 5) is 20.5. The number of pyridine rings is 1. The molecule has 0 radical (unpaired) electrons. The number of halogens is 3. The maximum atomic E-state index is 12.9. The second-order valence-corrected chi connectivity index (χ2v) is 7.46. The Balaban J connectivity index is 1.35. The molecule has 8 heteroatoms. The quantitative estimate of drug-likeness (QED) is 0.763. The lowest BCUT2D eigenvalue weighted by atomic mass is 9.86. The maximum Gasteiger partial charge on any atom is 0.433 e. The van der Waals surface area contributed by atoms with Crippen molar-refractivity contribution in [2.24, 2.45) is 0 Å². The first-order chi connectivity index (χ1) is 13.8. The van der Waals surface area contributed by atoms with E-state index in [9.17, 15) is 18.0 Å². The van der Waals surface area contributed by atoms with Crippen LogP contribution in [0.1, 0.15) is 35.0 Å². The number of amides is 1. The molecule has 154 valence electrons. The van der Waals surface area contributed by atoms with Crippen molar-refractivity contribution in [3.05, 3.63) is 59.4 Å². The minimum Gasteiger partial charge on any atom is -0.494 e. The number of piperidine rings is 1. The average Bonchev–Trinajstić information content (AvgIpc) is 2.68. The summed E-state index contributed by atoms with van der Waals surface area (Å²) in [5.74, 6) is 0.759. The van der Waals surface area contributed by atoms with Crippen molar-refractivity contribution in [3.63, 3.8) is 0 Å². The standard InChI is InChI=1S/C21H22F3N3O2/c1-2-29-18-6-4-15(5-7-18)20(28)27-16-9-17(27)13-26(12-16)11-14-3-8-19(25-10-14)21(22,23)24/h3-8,10,16-17H,2,9,11-13H2,1H3. The second-order valence-electron chi connectivity index (χ2n) is 7.46. The zero-order chi connectivity index (χ0) is 20.6. The molecule has 1 aromatic heterocycles. The second kappa shape index (κ2) is 7.67. The highest BCUT2D eigenvalue weighted by atomic mass is 19.4. The Morgan fingerprint density at radius 2 is 1.83 bits per heavy atom. The van der Waals surface area contributed by atoms with Crippen LogP contribution in [0.15, 0.2) is 42.6 Å². The monoisotopic (exact) mass is 405 g/mol. The molecule has 4 heterocycles. The first-order valence-electron chi connectivity index (χ1n) is 9.65. The molecule has 2 bridgehead atoms. The molecule has 1 aromatic carbocycles. The van der Waals surface area contributed by atoms with E-state index >= 15 is 0 Å². The van der Waals surface area contributed by atoms with Gasteiger partial charge in [-0.15, -0.1) is 0 Å². The van der Waals surface area contributed by atoms with Crippen LogP contribution >= 0.6 is 0 Å². The van der Waals surface area contributed by atoms with Crippen LogP contribution in [0, 0.1) is 0 Å². The lowest BCUT2D eigenvalue weighted by Crippen LogP contribution is -2.69. The van der Waals surface area contributed by atoms with Gasteiger partial charge >= 0.3 is 6.18 Å². The smallest absolute Gasteiger partial charge is 0.433 e. The normalized spacial score (nSPS) is 21.6. The Labute approximate surface area is 167 Å². The fourth-order valence-electron chi connectivity index (χ4n) is 4.11. The Bertz CT molecular complexity index is 856. The highest BCUT2D eigenvalue weighted by molar-refractivity contribution is 5.95. The van der Waals surface area contributed by atoms with Crippen LogP contribution in [0.2, 0.25) is 0 Å². The summed E-state index contributed by atoms with van der Waals surface area (Å²) in [5.41, 5.74) is 0.502. The van der Waals surface area contributed by atoms with Gasteiger partial charge < -0.3 is 9.64 Å². The number of piperazine rings is 1. The summed E-state index contributed by atoms with van der Waals surface area (Å²) < 4.78 is 43.3. The zero-order valence-electron chi connectivity index (χ0n) is 16.0. The molecule has 1 amide bonds. The summed E-state index contributed by atoms with van der Waals surface area (Å²) in [6.45, 7) is 4.43. The maximum absolute atomic E-state index is 12.9. The third-order valence-electron chi connectivity index (χ3n) is 5.44. The Morgan fingerprint density at radius 3 is 2.38 bits per heavy atom. The summed E-state index contributed by atoms with van der Waals surface area (Å²) >= 11 is 0. The van der Waals surface area contributed by atoms with Crippen LogP contribution in [0.25, 0.3) is 0 Å². The molecule has 0 spiro atoms. The third-order valence-corrected chi connectivity index (χ3v) is 5.44. The molecule has 29 heavy (non-hydrogen) atoms. The van der Waals surface area contributed by atoms with Gasteiger partial charge in [0.15, 0.2) is 0 Å². The number of hydrogen-bond acceptors (Lipinski definition) is 4. The Hall–Kier alpha value is -2.61. The van der Waals surface area contributed by atoms with E-state index in [-0.39, 0.29) is 18.0 Å². The van der Waals surface area contributed by atoms with Crippen LogP contribution < -0.4 is 4.74 Å². The first-order valence-corrected chi connectivity index (χ1v) is 9.65. The van der Waals surface area contributed by atoms with Gasteiger partial charge in [-0.25, -0.2) is 0 Å². The van der Waals surface area contributed by atoms with E-state index in [0.29, 0.717) is 31.8 Å². The van der Waals surface area contributed by atoms with Gasteiger partial charge in [0.05, 0.1) is 6.61 Å². The molecule has 3 saturated heterocycles. The van der Waals surface area contributed by atoms with Crippen molar-refractivity contribution in [1.82, 2.24) is 14.8 Å². The number of rotatable bonds is 5. The van der Waals surface area contributed by atoms with E-state index in [0.717, 1.165) is 23.8 Å². The molecule has 0 N–H and O–H groups in total. The molecule has 2 unspecified atom stereocenters. The van der Waals surface area contributed by atoms with E-state index in [1.165, 1.54) is 12.3 Å². The first kappa shape index (κ1) is 19.7. The minimum atomic E-state index is -4.42. The lowest BCUT2D eigenvalue weighted by molar-refractivity contribution is -0.141. The molecule has 3 aliphatic heterocycles. The van der Waals surface area contributed by atoms with Crippen molar-refractivity contribution in [1.29, 1.82) is 0 Å². The van der Waals surface area contributed by atoms with Gasteiger partial charge in [-0.1, -0.05) is 6.07 Å². The van der Waals surface area contributed by atoms with E-state index in [2.05, 4.69) is 9.88 Å². The Kier molecular flexibility index (Phi) is 5.21. The minimum absolute atomic E-state index is 0.0187. The van der Waals surface area contributed by atoms with E-state index < -0.39 is 11.9 Å². The molecule has 5 rings (SSSR count). The Morgan fingerprint density at radius 1 is 1.14 bits per heavy atom. The predicted octanol–water partition coefficient (Wildman–Crippen LogP) is 3.60. The van der Waals surface area contributed by atoms with Gasteiger partial charge in [0.1, 0.15) is 11.4 Å². The highest BCUT2D eigenvalue weighted by Gasteiger charge is 2.47. The number of fused-ring (bicyclic) bond motifs is 2. The molecule has 3 aliphatic rings. The van der Waals surface area contributed by atoms with Crippen molar-refractivity contribution in [2.45, 2.75) is 38.1 Å². The topological polar surface area (TPSA) is 45.7 Å². The molecule has 2 atom stereocenters. The number of hydrogen-bond donors (Lipinski definition) is 0. The van der Waals surface area contributed by atoms with E-state index in [1.54, 1.807) is 24.3 Å². The van der Waals surface area contributed by atoms with Gasteiger partial charge in [-0.2, -0.15) is 13.2 Å². The number of aromatic nitrogens is 1. The van der Waals surface area contributed by atoms with Gasteiger partial charge in [-0.05, 0) is 49.2 Å². The van der Waals surface area contributed by atoms with Crippen molar-refractivity contribution >= 4 is 5.91 Å². The summed E-state index contributed by atoms with van der Waals surface area (Å²) in [7, 11) is 0. The summed E-state index contributed by atoms with van der Waals surface area (Å²) in [6, 6.07) is 9.93. The SMILES string of the molecule is CCOc1ccc(C(=O)N2C3CC2CN(Cc2ccc(C(F)(F)F)nc2)C3)cc1. The molecule has 2 aromatic rings. The molecule has 0 aliphatic carbocycles. The van der Waals surface area contributed by atoms with Gasteiger partial charge in [0.2, 0.25) is 0 Å². The number of nitrogens with zero attached hydrogens (tertiary/aromatic N) is 3. The van der Waals surface area contributed by atoms with Gasteiger partial charge in [-0.3, -0.25) is 14.7 Å². The zero-order valence-corrected chi connectivity index (χ0v) is 16.0. The molecular weight excluding hydrogens is 383 g/mol. The summed E-state index contributed by atoms with van der Waals surface area (Å²) in [6.07, 6.45) is -2.18. The van der Waals surface area contributed by atoms with Crippen LogP contribution in [0.4, 0.5) is 13.2 Å². The van der Waals surface area contributed by atoms with E-state index in [1.807, 2.05) is 11.8 Å². The predicted molar refractivity (Wildman–Crippen MR) is 100 cm³/mol. The number of carbonyl (C=O) groups excluding carboxylic acids is 1. The number of ether oxygens (including phenoxy) is 1. The van der Waals surface area contributed by atoms with Crippen molar-refractivity contribution in [3.8, 4) is 5.75 Å². The van der Waals surface area contributed by atoms with Gasteiger partial charge in [0, 0.05) is 43.5 Å². The molecule has 3 fully saturated rings. The molecular formula is C21H22F3N3O2. The van der Waals surface area contributed by atoms with Crippen molar-refractivity contribution < 1.29 is 22.7 Å². The summed E-state index contributed by atoms with van der Waals surface area (Å²) in [5, 5.41) is 0. The number of carbonyl (C=O) groups is 1. The highest BCUT2D eigenvalue weighted by Crippen LogP contribution is 2.34. The average molecular weight is 405 g/mol. The largest absolute Gasteiger partial charge is 0.494 e. The molecule has 0 saturated carbocycles. The van der Waals surface area contributed by atoms with Crippen LogP contribution in [0.5, 0.6) is 5.75 Å². The van der Waals surface area contributed by atoms with Crippen molar-refractivity contribution in [2.75, 3.05) is 19.7 Å². The van der Waals surface area contributed by atoms with Crippen LogP contribution in [0.3, 0.4) is 0 Å². The van der Waals surface area contributed by atoms with Crippen LogP contribution in [-0.2, 0) is 12.7 Å². The molecule has 5 nitrogen and oxygen atoms in total. The number of benzene rings is 1. The fraction of sp³-hybridized carbons (Fsp3) is 0.429. The van der Waals surface area contributed by atoms with Gasteiger partial charge in [0.25, 0.3) is 5.91 Å². The lowest BCUT2D eigenvalue weighted by Gasteiger charge is -2.56. The fourth-order valence-corrected chi connectivity index (χ4v) is 4.11.